The van der Waals surface area contributed by atoms with Crippen LogP contribution in [-0.4, -0.2) is 71.7 Å². The third kappa shape index (κ3) is 3.51. The van der Waals surface area contributed by atoms with E-state index in [0.717, 1.165) is 43.3 Å². The average Bonchev–Trinajstić information content (AvgIpc) is 3.34. The number of likely N-dealkylation sites (tertiary alicyclic amines) is 1. The fourth-order valence-corrected chi connectivity index (χ4v) is 4.80. The number of hydrogen-bond acceptors (Lipinski definition) is 4. The lowest BCUT2D eigenvalue weighted by Gasteiger charge is -2.34. The molecule has 150 valence electrons. The Morgan fingerprint density at radius 1 is 1.29 bits per heavy atom. The second-order valence-corrected chi connectivity index (χ2v) is 8.05. The Morgan fingerprint density at radius 2 is 2.07 bits per heavy atom. The normalized spacial score (nSPS) is 24.4. The zero-order valence-corrected chi connectivity index (χ0v) is 16.6. The minimum atomic E-state index is 0.00359. The van der Waals surface area contributed by atoms with Gasteiger partial charge in [-0.05, 0) is 37.2 Å². The van der Waals surface area contributed by atoms with Crippen LogP contribution in [0, 0.1) is 11.8 Å². The van der Waals surface area contributed by atoms with Crippen LogP contribution in [0.5, 0.6) is 0 Å². The highest BCUT2D eigenvalue weighted by Gasteiger charge is 2.41. The molecule has 0 unspecified atom stereocenters. The van der Waals surface area contributed by atoms with E-state index in [4.69, 9.17) is 4.74 Å². The van der Waals surface area contributed by atoms with Crippen molar-refractivity contribution in [1.82, 2.24) is 20.0 Å². The lowest BCUT2D eigenvalue weighted by molar-refractivity contribution is -0.132. The van der Waals surface area contributed by atoms with Gasteiger partial charge in [-0.1, -0.05) is 18.2 Å². The first-order chi connectivity index (χ1) is 13.6. The molecule has 28 heavy (non-hydrogen) atoms. The van der Waals surface area contributed by atoms with Crippen LogP contribution in [0.15, 0.2) is 24.3 Å². The Bertz CT molecular complexity index is 864. The molecule has 2 aromatic rings. The number of aromatic nitrogens is 2. The van der Waals surface area contributed by atoms with E-state index in [1.165, 1.54) is 0 Å². The molecular weight excluding hydrogens is 356 g/mol. The number of piperidine rings is 1. The molecule has 1 aromatic heterocycles. The lowest BCUT2D eigenvalue weighted by atomic mass is 9.88. The van der Waals surface area contributed by atoms with Crippen molar-refractivity contribution in [2.45, 2.75) is 31.7 Å². The average molecular weight is 384 g/mol. The highest BCUT2D eigenvalue weighted by Crippen LogP contribution is 2.40. The van der Waals surface area contributed by atoms with Gasteiger partial charge in [-0.25, -0.2) is 0 Å². The summed E-state index contributed by atoms with van der Waals surface area (Å²) in [4.78, 5) is 29.2. The summed E-state index contributed by atoms with van der Waals surface area (Å²) >= 11 is 0. The van der Waals surface area contributed by atoms with Crippen LogP contribution in [0.1, 0.15) is 36.2 Å². The Kier molecular flexibility index (Phi) is 5.35. The Labute approximate surface area is 165 Å². The summed E-state index contributed by atoms with van der Waals surface area (Å²) in [5.41, 5.74) is 1.40. The van der Waals surface area contributed by atoms with E-state index >= 15 is 0 Å². The first-order valence-corrected chi connectivity index (χ1v) is 10.1. The predicted octanol–water partition coefficient (Wildman–Crippen LogP) is 2.30. The maximum atomic E-state index is 13.1. The number of ether oxygens (including phenoxy) is 1. The van der Waals surface area contributed by atoms with Crippen molar-refractivity contribution in [1.29, 1.82) is 0 Å². The molecule has 2 amide bonds. The lowest BCUT2D eigenvalue weighted by Crippen LogP contribution is -2.42. The molecule has 1 aliphatic carbocycles. The third-order valence-electron chi connectivity index (χ3n) is 6.46. The second kappa shape index (κ2) is 7.91. The molecule has 2 heterocycles. The van der Waals surface area contributed by atoms with E-state index in [-0.39, 0.29) is 17.9 Å². The zero-order chi connectivity index (χ0) is 19.7. The summed E-state index contributed by atoms with van der Waals surface area (Å²) in [6.07, 6.45) is 3.42. The fourth-order valence-electron chi connectivity index (χ4n) is 4.80. The Morgan fingerprint density at radius 3 is 2.89 bits per heavy atom. The number of aromatic amines is 1. The predicted molar refractivity (Wildman–Crippen MR) is 106 cm³/mol. The highest BCUT2D eigenvalue weighted by atomic mass is 16.5. The van der Waals surface area contributed by atoms with Gasteiger partial charge in [-0.2, -0.15) is 5.10 Å². The molecule has 1 aromatic carbocycles. The molecule has 0 bridgehead atoms. The van der Waals surface area contributed by atoms with Crippen LogP contribution in [0.25, 0.3) is 10.9 Å². The molecule has 3 atom stereocenters. The molecule has 7 nitrogen and oxygen atoms in total. The van der Waals surface area contributed by atoms with Gasteiger partial charge in [0.15, 0.2) is 5.69 Å². The van der Waals surface area contributed by atoms with Gasteiger partial charge in [-0.3, -0.25) is 14.7 Å². The summed E-state index contributed by atoms with van der Waals surface area (Å²) in [5, 5.41) is 8.10. The molecule has 1 N–H and O–H groups in total. The summed E-state index contributed by atoms with van der Waals surface area (Å²) in [6, 6.07) is 8.00. The summed E-state index contributed by atoms with van der Waals surface area (Å²) in [6.45, 7) is 1.97. The van der Waals surface area contributed by atoms with Gasteiger partial charge in [0, 0.05) is 38.7 Å². The van der Waals surface area contributed by atoms with Crippen LogP contribution in [0.2, 0.25) is 0 Å². The molecule has 0 spiro atoms. The molecule has 1 saturated heterocycles. The minimum absolute atomic E-state index is 0.00359. The van der Waals surface area contributed by atoms with Crippen molar-refractivity contribution in [2.24, 2.45) is 11.8 Å². The standard InChI is InChI=1S/C21H28N4O3/c1-24(19(26)8-10-28-2)16-11-14-7-9-25(13-15(14)12-16)21(27)20-17-5-3-4-6-18(17)22-23-20/h3-6,14-16H,7-13H2,1-2H3,(H,22,23)/t14-,15-,16+/m1/s1. The van der Waals surface area contributed by atoms with Gasteiger partial charge in [-0.15, -0.1) is 0 Å². The van der Waals surface area contributed by atoms with Crippen molar-refractivity contribution in [2.75, 3.05) is 33.9 Å². The smallest absolute Gasteiger partial charge is 0.275 e. The van der Waals surface area contributed by atoms with E-state index in [1.54, 1.807) is 7.11 Å². The summed E-state index contributed by atoms with van der Waals surface area (Å²) < 4.78 is 5.03. The largest absolute Gasteiger partial charge is 0.384 e. The molecule has 2 fully saturated rings. The first kappa shape index (κ1) is 18.9. The fraction of sp³-hybridized carbons (Fsp3) is 0.571. The van der Waals surface area contributed by atoms with Crippen molar-refractivity contribution < 1.29 is 14.3 Å². The molecule has 1 aliphatic heterocycles. The number of benzene rings is 1. The van der Waals surface area contributed by atoms with Gasteiger partial charge in [0.05, 0.1) is 18.5 Å². The summed E-state index contributed by atoms with van der Waals surface area (Å²) in [5.74, 6) is 1.18. The van der Waals surface area contributed by atoms with E-state index in [9.17, 15) is 9.59 Å². The van der Waals surface area contributed by atoms with Crippen molar-refractivity contribution in [3.63, 3.8) is 0 Å². The summed E-state index contributed by atoms with van der Waals surface area (Å²) in [7, 11) is 3.52. The Balaban J connectivity index is 1.41. The number of H-pyrrole nitrogens is 1. The van der Waals surface area contributed by atoms with Gasteiger partial charge in [0.2, 0.25) is 5.91 Å². The number of rotatable bonds is 5. The van der Waals surface area contributed by atoms with E-state index in [2.05, 4.69) is 10.2 Å². The number of fused-ring (bicyclic) bond motifs is 2. The van der Waals surface area contributed by atoms with E-state index in [1.807, 2.05) is 41.1 Å². The molecule has 4 rings (SSSR count). The second-order valence-electron chi connectivity index (χ2n) is 8.05. The molecule has 0 radical (unpaired) electrons. The van der Waals surface area contributed by atoms with Crippen LogP contribution in [0.3, 0.4) is 0 Å². The van der Waals surface area contributed by atoms with Gasteiger partial charge in [0.1, 0.15) is 0 Å². The molecule has 7 heteroatoms. The van der Waals surface area contributed by atoms with Gasteiger partial charge >= 0.3 is 0 Å². The highest BCUT2D eigenvalue weighted by molar-refractivity contribution is 6.04. The van der Waals surface area contributed by atoms with Crippen molar-refractivity contribution in [3.05, 3.63) is 30.0 Å². The minimum Gasteiger partial charge on any atom is -0.384 e. The number of carbonyl (C=O) groups excluding carboxylic acids is 2. The van der Waals surface area contributed by atoms with Crippen LogP contribution in [0.4, 0.5) is 0 Å². The number of methoxy groups -OCH3 is 1. The van der Waals surface area contributed by atoms with Crippen LogP contribution < -0.4 is 0 Å². The number of para-hydroxylation sites is 1. The number of amides is 2. The SMILES string of the molecule is COCCC(=O)N(C)[C@H]1C[C@H]2CCN(C(=O)c3n[nH]c4ccccc34)C[C@H]2C1. The van der Waals surface area contributed by atoms with Gasteiger partial charge < -0.3 is 14.5 Å². The monoisotopic (exact) mass is 384 g/mol. The number of hydrogen-bond donors (Lipinski definition) is 1. The maximum Gasteiger partial charge on any atom is 0.275 e. The first-order valence-electron chi connectivity index (χ1n) is 10.1. The van der Waals surface area contributed by atoms with Crippen LogP contribution >= 0.6 is 0 Å². The number of nitrogens with zero attached hydrogens (tertiary/aromatic N) is 3. The zero-order valence-electron chi connectivity index (χ0n) is 16.6. The van der Waals surface area contributed by atoms with E-state index < -0.39 is 0 Å². The molecule has 2 aliphatic rings. The topological polar surface area (TPSA) is 78.5 Å². The van der Waals surface area contributed by atoms with E-state index in [0.29, 0.717) is 30.6 Å². The quantitative estimate of drug-likeness (QED) is 0.858. The van der Waals surface area contributed by atoms with Crippen molar-refractivity contribution >= 4 is 22.7 Å². The maximum absolute atomic E-state index is 13.1. The number of nitrogens with one attached hydrogen (secondary N) is 1. The third-order valence-corrected chi connectivity index (χ3v) is 6.46. The number of carbonyl (C=O) groups is 2. The van der Waals surface area contributed by atoms with Crippen LogP contribution in [-0.2, 0) is 9.53 Å². The van der Waals surface area contributed by atoms with Gasteiger partial charge in [0.25, 0.3) is 5.91 Å². The Hall–Kier alpha value is -2.41. The molecular formula is C21H28N4O3. The van der Waals surface area contributed by atoms with Crippen molar-refractivity contribution in [3.8, 4) is 0 Å². The molecule has 1 saturated carbocycles.